The van der Waals surface area contributed by atoms with Gasteiger partial charge in [0.2, 0.25) is 5.95 Å². The van der Waals surface area contributed by atoms with Crippen LogP contribution in [-0.2, 0) is 5.41 Å². The van der Waals surface area contributed by atoms with Crippen LogP contribution in [0.15, 0.2) is 140 Å². The topological polar surface area (TPSA) is 30.7 Å². The first-order valence-electron chi connectivity index (χ1n) is 16.7. The Bertz CT molecular complexity index is 2850. The van der Waals surface area contributed by atoms with Crippen LogP contribution in [0.1, 0.15) is 25.0 Å². The van der Waals surface area contributed by atoms with Crippen molar-refractivity contribution in [3.05, 3.63) is 151 Å². The van der Waals surface area contributed by atoms with Crippen molar-refractivity contribution in [1.29, 1.82) is 0 Å². The van der Waals surface area contributed by atoms with E-state index >= 15 is 0 Å². The van der Waals surface area contributed by atoms with Gasteiger partial charge < -0.3 is 0 Å². The van der Waals surface area contributed by atoms with E-state index in [2.05, 4.69) is 158 Å². The summed E-state index contributed by atoms with van der Waals surface area (Å²) in [6.45, 7) is 4.75. The van der Waals surface area contributed by atoms with E-state index in [4.69, 9.17) is 9.97 Å². The lowest BCUT2D eigenvalue weighted by atomic mass is 9.81. The summed E-state index contributed by atoms with van der Waals surface area (Å²) in [5.74, 6) is 0.691. The van der Waals surface area contributed by atoms with Gasteiger partial charge in [-0.25, -0.2) is 9.97 Å². The Kier molecular flexibility index (Phi) is 4.91. The largest absolute Gasteiger partial charge is 0.278 e. The molecule has 0 radical (unpaired) electrons. The first-order chi connectivity index (χ1) is 23.6. The second-order valence-electron chi connectivity index (χ2n) is 13.7. The molecule has 2 heterocycles. The van der Waals surface area contributed by atoms with Gasteiger partial charge in [-0.1, -0.05) is 135 Å². The van der Waals surface area contributed by atoms with Crippen molar-refractivity contribution in [2.24, 2.45) is 0 Å². The number of aromatic nitrogens is 3. The molecule has 0 N–H and O–H groups in total. The summed E-state index contributed by atoms with van der Waals surface area (Å²) in [4.78, 5) is 10.7. The highest BCUT2D eigenvalue weighted by Gasteiger charge is 2.40. The number of hydrogen-bond donors (Lipinski definition) is 0. The van der Waals surface area contributed by atoms with E-state index in [1.807, 2.05) is 0 Å². The van der Waals surface area contributed by atoms with Crippen molar-refractivity contribution in [3.8, 4) is 50.6 Å². The third-order valence-corrected chi connectivity index (χ3v) is 10.9. The molecule has 2 aromatic heterocycles. The Labute approximate surface area is 277 Å². The summed E-state index contributed by atoms with van der Waals surface area (Å²) in [7, 11) is 0. The van der Waals surface area contributed by atoms with Crippen LogP contribution in [0.25, 0.3) is 94.1 Å². The SMILES string of the molecule is CC1(C)c2ccccc2-c2c1cc1c3c2-c2cccc4cccc(c24)-c2cccc(c23)n1-c1nc(-c2ccccc2)c2ccccc2n1. The monoisotopic (exact) mass is 611 g/mol. The second kappa shape index (κ2) is 9.05. The number of para-hydroxylation sites is 1. The van der Waals surface area contributed by atoms with Gasteiger partial charge in [-0.05, 0) is 67.9 Å². The highest BCUT2D eigenvalue weighted by molar-refractivity contribution is 6.29. The van der Waals surface area contributed by atoms with E-state index in [-0.39, 0.29) is 5.41 Å². The summed E-state index contributed by atoms with van der Waals surface area (Å²) < 4.78 is 2.34. The second-order valence-corrected chi connectivity index (χ2v) is 13.7. The summed E-state index contributed by atoms with van der Waals surface area (Å²) >= 11 is 0. The maximum Gasteiger partial charge on any atom is 0.235 e. The van der Waals surface area contributed by atoms with Crippen molar-refractivity contribution in [1.82, 2.24) is 14.5 Å². The molecule has 0 bridgehead atoms. The maximum absolute atomic E-state index is 5.42. The minimum absolute atomic E-state index is 0.181. The minimum Gasteiger partial charge on any atom is -0.278 e. The molecule has 48 heavy (non-hydrogen) atoms. The Morgan fingerprint density at radius 2 is 1.19 bits per heavy atom. The molecule has 3 nitrogen and oxygen atoms in total. The fourth-order valence-corrected chi connectivity index (χ4v) is 8.84. The zero-order chi connectivity index (χ0) is 31.7. The molecule has 0 atom stereocenters. The maximum atomic E-state index is 5.42. The van der Waals surface area contributed by atoms with E-state index in [9.17, 15) is 0 Å². The molecule has 0 spiro atoms. The van der Waals surface area contributed by atoms with Gasteiger partial charge in [0.1, 0.15) is 0 Å². The molecule has 0 saturated carbocycles. The van der Waals surface area contributed by atoms with Crippen LogP contribution in [-0.4, -0.2) is 14.5 Å². The fraction of sp³-hybridized carbons (Fsp3) is 0.0667. The highest BCUT2D eigenvalue weighted by Crippen LogP contribution is 2.58. The summed E-state index contributed by atoms with van der Waals surface area (Å²) in [5, 5.41) is 6.17. The summed E-state index contributed by atoms with van der Waals surface area (Å²) in [6.07, 6.45) is 0. The van der Waals surface area contributed by atoms with Crippen LogP contribution in [0, 0.1) is 0 Å². The van der Waals surface area contributed by atoms with Crippen LogP contribution in [0.4, 0.5) is 0 Å². The van der Waals surface area contributed by atoms with Gasteiger partial charge in [-0.15, -0.1) is 0 Å². The minimum atomic E-state index is -0.181. The number of nitrogens with zero attached hydrogens (tertiary/aromatic N) is 3. The predicted octanol–water partition coefficient (Wildman–Crippen LogP) is 11.5. The van der Waals surface area contributed by atoms with Crippen molar-refractivity contribution >= 4 is 43.5 Å². The first kappa shape index (κ1) is 26.1. The third kappa shape index (κ3) is 3.18. The quantitative estimate of drug-likeness (QED) is 0.195. The smallest absolute Gasteiger partial charge is 0.235 e. The lowest BCUT2D eigenvalue weighted by Crippen LogP contribution is -2.15. The fourth-order valence-electron chi connectivity index (χ4n) is 8.84. The predicted molar refractivity (Wildman–Crippen MR) is 199 cm³/mol. The molecule has 11 rings (SSSR count). The number of fused-ring (bicyclic) bond motifs is 7. The average Bonchev–Trinajstić information content (AvgIpc) is 3.53. The molecule has 0 amide bonds. The molecule has 0 unspecified atom stereocenters. The van der Waals surface area contributed by atoms with E-state index in [0.29, 0.717) is 5.95 Å². The Morgan fingerprint density at radius 1 is 0.500 bits per heavy atom. The molecule has 9 aromatic rings. The van der Waals surface area contributed by atoms with E-state index in [1.54, 1.807) is 0 Å². The van der Waals surface area contributed by atoms with Gasteiger partial charge in [-0.3, -0.25) is 4.57 Å². The lowest BCUT2D eigenvalue weighted by Gasteiger charge is -2.23. The van der Waals surface area contributed by atoms with Crippen molar-refractivity contribution in [3.63, 3.8) is 0 Å². The van der Waals surface area contributed by atoms with Crippen LogP contribution >= 0.6 is 0 Å². The molecule has 0 fully saturated rings. The molecular formula is C45H29N3. The van der Waals surface area contributed by atoms with Crippen LogP contribution < -0.4 is 0 Å². The van der Waals surface area contributed by atoms with E-state index < -0.39 is 0 Å². The lowest BCUT2D eigenvalue weighted by molar-refractivity contribution is 0.661. The molecule has 0 aliphatic heterocycles. The first-order valence-corrected chi connectivity index (χ1v) is 16.7. The van der Waals surface area contributed by atoms with Crippen LogP contribution in [0.3, 0.4) is 0 Å². The average molecular weight is 612 g/mol. The Morgan fingerprint density at radius 3 is 2.04 bits per heavy atom. The standard InChI is InChI=1S/C45H29N3/c1-45(2)33-22-8-6-17-30(33)39-34(45)25-37-42-40-29(28-19-10-15-26-16-11-21-32(38(26)28)41(39)42)20-12-24-36(40)48(37)44-46-35-23-9-7-18-31(35)43(47-44)27-13-4-3-5-14-27/h3-25H,1-2H3. The molecule has 2 aliphatic carbocycles. The van der Waals surface area contributed by atoms with Crippen molar-refractivity contribution in [2.75, 3.05) is 0 Å². The van der Waals surface area contributed by atoms with Crippen molar-refractivity contribution < 1.29 is 0 Å². The van der Waals surface area contributed by atoms with Gasteiger partial charge in [0.05, 0.1) is 22.2 Å². The number of benzene rings is 7. The Balaban J connectivity index is 1.38. The number of rotatable bonds is 2. The van der Waals surface area contributed by atoms with Crippen LogP contribution in [0.5, 0.6) is 0 Å². The molecule has 3 heteroatoms. The van der Waals surface area contributed by atoms with Gasteiger partial charge in [0, 0.05) is 32.7 Å². The van der Waals surface area contributed by atoms with Gasteiger partial charge >= 0.3 is 0 Å². The highest BCUT2D eigenvalue weighted by atomic mass is 15.2. The van der Waals surface area contributed by atoms with Crippen molar-refractivity contribution in [2.45, 2.75) is 19.3 Å². The van der Waals surface area contributed by atoms with Gasteiger partial charge in [0.15, 0.2) is 0 Å². The molecule has 2 aliphatic rings. The zero-order valence-electron chi connectivity index (χ0n) is 26.6. The molecular weight excluding hydrogens is 583 g/mol. The number of hydrogen-bond acceptors (Lipinski definition) is 2. The van der Waals surface area contributed by atoms with Gasteiger partial charge in [0.25, 0.3) is 0 Å². The normalized spacial score (nSPS) is 13.8. The Hall–Kier alpha value is -6.06. The molecule has 224 valence electrons. The van der Waals surface area contributed by atoms with E-state index in [0.717, 1.165) is 33.2 Å². The third-order valence-electron chi connectivity index (χ3n) is 10.9. The molecule has 7 aromatic carbocycles. The van der Waals surface area contributed by atoms with Crippen LogP contribution in [0.2, 0.25) is 0 Å². The molecule has 0 saturated heterocycles. The van der Waals surface area contributed by atoms with E-state index in [1.165, 1.54) is 66.1 Å². The summed E-state index contributed by atoms with van der Waals surface area (Å²) in [5.41, 5.74) is 15.6. The zero-order valence-corrected chi connectivity index (χ0v) is 26.6. The van der Waals surface area contributed by atoms with Gasteiger partial charge in [-0.2, -0.15) is 0 Å². The summed E-state index contributed by atoms with van der Waals surface area (Å²) in [6, 6.07) is 50.7.